The van der Waals surface area contributed by atoms with Crippen molar-refractivity contribution in [2.75, 3.05) is 26.9 Å². The molecule has 0 unspecified atom stereocenters. The Morgan fingerprint density at radius 2 is 1.98 bits per heavy atom. The number of benzene rings is 1. The first-order chi connectivity index (χ1) is 21.3. The summed E-state index contributed by atoms with van der Waals surface area (Å²) < 4.78 is 80.7. The summed E-state index contributed by atoms with van der Waals surface area (Å²) in [6.07, 6.45) is 5.00. The lowest BCUT2D eigenvalue weighted by atomic mass is 9.78. The third-order valence-electron chi connectivity index (χ3n) is 7.98. The van der Waals surface area contributed by atoms with Crippen molar-refractivity contribution in [3.63, 3.8) is 0 Å². The second-order valence-corrected chi connectivity index (χ2v) is 11.3. The van der Waals surface area contributed by atoms with Crippen molar-refractivity contribution < 1.29 is 51.4 Å². The number of carbonyl (C=O) groups is 2. The first kappa shape index (κ1) is 32.4. The highest BCUT2D eigenvalue weighted by atomic mass is 35.5. The quantitative estimate of drug-likeness (QED) is 0.127. The Bertz CT molecular complexity index is 1670. The van der Waals surface area contributed by atoms with Crippen molar-refractivity contribution in [1.82, 2.24) is 10.3 Å². The van der Waals surface area contributed by atoms with Crippen LogP contribution in [0.4, 0.5) is 22.0 Å². The molecule has 0 radical (unpaired) electrons. The third-order valence-corrected chi connectivity index (χ3v) is 8.27. The van der Waals surface area contributed by atoms with E-state index in [1.807, 2.05) is 0 Å². The molecule has 45 heavy (non-hydrogen) atoms. The first-order valence-corrected chi connectivity index (χ1v) is 14.0. The minimum absolute atomic E-state index is 0.0194. The number of methoxy groups -OCH3 is 1. The lowest BCUT2D eigenvalue weighted by molar-refractivity contribution is -0.681. The molecule has 0 bridgehead atoms. The molecule has 9 nitrogen and oxygen atoms in total. The normalized spacial score (nSPS) is 19.8. The van der Waals surface area contributed by atoms with E-state index >= 15 is 4.39 Å². The molecule has 0 spiro atoms. The molecule has 1 atom stereocenters. The number of rotatable bonds is 11. The fourth-order valence-corrected chi connectivity index (χ4v) is 5.41. The van der Waals surface area contributed by atoms with Gasteiger partial charge in [0.2, 0.25) is 0 Å². The number of nitrogens with two attached hydrogens (primary N) is 1. The van der Waals surface area contributed by atoms with E-state index in [0.717, 1.165) is 12.3 Å². The van der Waals surface area contributed by atoms with E-state index in [2.05, 4.69) is 10.3 Å². The van der Waals surface area contributed by atoms with Crippen molar-refractivity contribution in [3.05, 3.63) is 87.2 Å². The number of aliphatic hydroxyl groups is 1. The molecule has 2 aliphatic carbocycles. The summed E-state index contributed by atoms with van der Waals surface area (Å²) in [4.78, 5) is 30.5. The number of carbonyl (C=O) groups excluding carboxylic acids is 2. The zero-order valence-corrected chi connectivity index (χ0v) is 24.4. The molecule has 1 amide bonds. The first-order valence-electron chi connectivity index (χ1n) is 13.6. The maximum Gasteiger partial charge on any atom is 0.382 e. The number of aromatic nitrogens is 1. The number of quaternary nitrogens is 1. The number of allylic oxidation sites excluding steroid dienone is 2. The van der Waals surface area contributed by atoms with Gasteiger partial charge in [-0.05, 0) is 43.0 Å². The summed E-state index contributed by atoms with van der Waals surface area (Å²) in [5, 5.41) is 21.9. The Labute approximate surface area is 258 Å². The summed E-state index contributed by atoms with van der Waals surface area (Å²) in [5.74, 6) is -4.62. The zero-order valence-electron chi connectivity index (χ0n) is 23.6. The molecule has 3 aliphatic rings. The maximum atomic E-state index is 15.9. The van der Waals surface area contributed by atoms with Gasteiger partial charge in [0.15, 0.2) is 5.82 Å². The fraction of sp³-hybridized carbons (Fsp3) is 0.333. The van der Waals surface area contributed by atoms with Crippen LogP contribution in [0.2, 0.25) is 5.02 Å². The monoisotopic (exact) mass is 653 g/mol. The van der Waals surface area contributed by atoms with Crippen LogP contribution in [0.3, 0.4) is 0 Å². The summed E-state index contributed by atoms with van der Waals surface area (Å²) in [5.41, 5.74) is -5.32. The second-order valence-electron chi connectivity index (χ2n) is 10.9. The Kier molecular flexibility index (Phi) is 8.95. The van der Waals surface area contributed by atoms with Gasteiger partial charge in [-0.2, -0.15) is 8.78 Å². The van der Waals surface area contributed by atoms with E-state index in [4.69, 9.17) is 26.5 Å². The predicted molar refractivity (Wildman–Crippen MR) is 150 cm³/mol. The SMILES string of the molecule is COC1=CC(C(=O)NC[C@](C=O)(c2cc(C3(O)COC3)c(F)c(-c3cc(Cl)c(F)cc3F)n2)C2CC2)=C/C(=C/[NH2+]C(F)F)C1=N. The van der Waals surface area contributed by atoms with Crippen LogP contribution in [-0.2, 0) is 30.1 Å². The van der Waals surface area contributed by atoms with Crippen LogP contribution in [0.15, 0.2) is 53.5 Å². The summed E-state index contributed by atoms with van der Waals surface area (Å²) in [6, 6.07) is 2.48. The van der Waals surface area contributed by atoms with Crippen molar-refractivity contribution in [2.45, 2.75) is 30.4 Å². The Hall–Kier alpha value is -3.98. The van der Waals surface area contributed by atoms with Crippen LogP contribution in [-0.4, -0.2) is 61.4 Å². The summed E-state index contributed by atoms with van der Waals surface area (Å²) >= 11 is 5.87. The Morgan fingerprint density at radius 3 is 2.56 bits per heavy atom. The molecule has 1 saturated carbocycles. The molecular weight excluding hydrogens is 627 g/mol. The molecule has 15 heteroatoms. The van der Waals surface area contributed by atoms with Crippen LogP contribution in [0.1, 0.15) is 24.1 Å². The van der Waals surface area contributed by atoms with Crippen LogP contribution in [0, 0.1) is 28.8 Å². The minimum atomic E-state index is -2.80. The molecule has 1 aliphatic heterocycles. The smallest absolute Gasteiger partial charge is 0.382 e. The van der Waals surface area contributed by atoms with Gasteiger partial charge in [-0.15, -0.1) is 0 Å². The van der Waals surface area contributed by atoms with Gasteiger partial charge in [0.25, 0.3) is 5.91 Å². The number of pyridine rings is 1. The molecule has 2 aromatic rings. The number of nitrogens with zero attached hydrogens (tertiary/aromatic N) is 1. The van der Waals surface area contributed by atoms with Crippen LogP contribution < -0.4 is 10.6 Å². The zero-order chi connectivity index (χ0) is 32.7. The average molecular weight is 654 g/mol. The predicted octanol–water partition coefficient (Wildman–Crippen LogP) is 3.16. The van der Waals surface area contributed by atoms with Gasteiger partial charge in [-0.1, -0.05) is 11.6 Å². The fourth-order valence-electron chi connectivity index (χ4n) is 5.25. The van der Waals surface area contributed by atoms with Crippen molar-refractivity contribution in [1.29, 1.82) is 5.41 Å². The van der Waals surface area contributed by atoms with E-state index in [-0.39, 0.29) is 53.6 Å². The molecule has 5 rings (SSSR count). The number of aldehydes is 1. The van der Waals surface area contributed by atoms with Crippen molar-refractivity contribution in [3.8, 4) is 11.3 Å². The van der Waals surface area contributed by atoms with Gasteiger partial charge < -0.3 is 24.7 Å². The van der Waals surface area contributed by atoms with Gasteiger partial charge in [0.1, 0.15) is 46.9 Å². The number of alkyl halides is 2. The number of amides is 1. The van der Waals surface area contributed by atoms with Crippen LogP contribution >= 0.6 is 11.6 Å². The average Bonchev–Trinajstić information content (AvgIpc) is 3.84. The maximum absolute atomic E-state index is 15.9. The standard InChI is InChI=1S/C30H26ClF5N4O5/c1-44-22-5-14(4-15(25(22)37)9-38-28(35)36)27(42)39-10-29(11-41,16-2-3-16)23-7-18(30(43)12-45-13-30)24(34)26(40-23)17-6-19(31)21(33)8-20(17)32/h4-9,11,16,28,37-38,43H,2-3,10,12-13H2,1H3,(H,39,42)/p+1/b15-9-,37-25?/t29-/m1/s1. The molecule has 1 aromatic heterocycles. The molecule has 5 N–H and O–H groups in total. The molecule has 1 aromatic carbocycles. The number of halogens is 6. The van der Waals surface area contributed by atoms with Gasteiger partial charge in [0.05, 0.1) is 42.0 Å². The summed E-state index contributed by atoms with van der Waals surface area (Å²) in [7, 11) is 1.24. The third kappa shape index (κ3) is 6.15. The van der Waals surface area contributed by atoms with E-state index in [1.54, 1.807) is 0 Å². The number of hydrogen-bond acceptors (Lipinski definition) is 7. The summed E-state index contributed by atoms with van der Waals surface area (Å²) in [6.45, 7) is -3.79. The van der Waals surface area contributed by atoms with E-state index < -0.39 is 63.1 Å². The molecule has 1 saturated heterocycles. The highest BCUT2D eigenvalue weighted by Crippen LogP contribution is 2.47. The molecule has 2 fully saturated rings. The van der Waals surface area contributed by atoms with Gasteiger partial charge in [0, 0.05) is 29.3 Å². The number of ether oxygens (including phenoxy) is 2. The molecule has 238 valence electrons. The Balaban J connectivity index is 1.56. The van der Waals surface area contributed by atoms with Gasteiger partial charge in [-0.3, -0.25) is 15.5 Å². The topological polar surface area (TPSA) is 138 Å². The van der Waals surface area contributed by atoms with E-state index in [9.17, 15) is 32.3 Å². The lowest BCUT2D eigenvalue weighted by Gasteiger charge is -2.38. The largest absolute Gasteiger partial charge is 0.494 e. The van der Waals surface area contributed by atoms with Gasteiger partial charge >= 0.3 is 6.55 Å². The lowest BCUT2D eigenvalue weighted by Crippen LogP contribution is -2.82. The highest BCUT2D eigenvalue weighted by Gasteiger charge is 2.50. The van der Waals surface area contributed by atoms with E-state index in [1.165, 1.54) is 25.3 Å². The minimum Gasteiger partial charge on any atom is -0.494 e. The second kappa shape index (κ2) is 12.4. The van der Waals surface area contributed by atoms with Crippen LogP contribution in [0.5, 0.6) is 0 Å². The molecule has 2 heterocycles. The highest BCUT2D eigenvalue weighted by molar-refractivity contribution is 6.31. The number of hydrogen-bond donors (Lipinski definition) is 4. The van der Waals surface area contributed by atoms with Crippen molar-refractivity contribution >= 4 is 29.5 Å². The van der Waals surface area contributed by atoms with Crippen LogP contribution in [0.25, 0.3) is 11.3 Å². The van der Waals surface area contributed by atoms with E-state index in [0.29, 0.717) is 30.5 Å². The van der Waals surface area contributed by atoms with Gasteiger partial charge in [-0.25, -0.2) is 18.2 Å². The Morgan fingerprint density at radius 1 is 1.27 bits per heavy atom. The number of nitrogens with one attached hydrogen (secondary N) is 2. The van der Waals surface area contributed by atoms with Crippen molar-refractivity contribution in [2.24, 2.45) is 5.92 Å². The molecular formula is C30H27ClF5N4O5+.